The molecule has 28 heavy (non-hydrogen) atoms. The SMILES string of the molecule is COc1ccc(CN2C(=O)N[C@@H](CCC(=O)NCCc3nccs3)C2=O)cc1. The summed E-state index contributed by atoms with van der Waals surface area (Å²) in [6, 6.07) is 6.07. The standard InChI is InChI=1S/C19H22N4O4S/c1-27-14-4-2-13(3-5-14)12-23-18(25)15(22-19(23)26)6-7-16(24)20-9-8-17-21-10-11-28-17/h2-5,10-11,15H,6-9,12H2,1H3,(H,20,24)(H,22,26)/t15-/m0/s1. The third-order valence-corrected chi connectivity index (χ3v) is 5.25. The Bertz CT molecular complexity index is 823. The zero-order valence-corrected chi connectivity index (χ0v) is 16.3. The molecule has 1 aromatic carbocycles. The van der Waals surface area contributed by atoms with Crippen LogP contribution in [0.15, 0.2) is 35.8 Å². The van der Waals surface area contributed by atoms with Crippen molar-refractivity contribution >= 4 is 29.2 Å². The summed E-state index contributed by atoms with van der Waals surface area (Å²) in [5.74, 6) is 0.253. The number of benzene rings is 1. The van der Waals surface area contributed by atoms with Crippen molar-refractivity contribution in [1.82, 2.24) is 20.5 Å². The van der Waals surface area contributed by atoms with E-state index in [-0.39, 0.29) is 31.2 Å². The average molecular weight is 402 g/mol. The first kappa shape index (κ1) is 19.8. The van der Waals surface area contributed by atoms with Crippen molar-refractivity contribution in [2.45, 2.75) is 31.8 Å². The van der Waals surface area contributed by atoms with Crippen LogP contribution in [0.25, 0.3) is 0 Å². The molecule has 0 saturated carbocycles. The molecule has 1 aliphatic heterocycles. The molecular formula is C19H22N4O4S. The van der Waals surface area contributed by atoms with Gasteiger partial charge in [-0.05, 0) is 24.1 Å². The van der Waals surface area contributed by atoms with Crippen LogP contribution in [-0.4, -0.2) is 47.4 Å². The molecule has 148 valence electrons. The van der Waals surface area contributed by atoms with E-state index in [9.17, 15) is 14.4 Å². The second-order valence-electron chi connectivity index (χ2n) is 6.34. The predicted molar refractivity (Wildman–Crippen MR) is 104 cm³/mol. The van der Waals surface area contributed by atoms with Crippen LogP contribution >= 0.6 is 11.3 Å². The number of amides is 4. The number of hydrogen-bond acceptors (Lipinski definition) is 6. The molecule has 1 aromatic heterocycles. The largest absolute Gasteiger partial charge is 0.497 e. The van der Waals surface area contributed by atoms with E-state index >= 15 is 0 Å². The van der Waals surface area contributed by atoms with Gasteiger partial charge in [0.2, 0.25) is 5.91 Å². The second-order valence-corrected chi connectivity index (χ2v) is 7.32. The van der Waals surface area contributed by atoms with Crippen LogP contribution in [-0.2, 0) is 22.6 Å². The van der Waals surface area contributed by atoms with E-state index in [1.807, 2.05) is 17.5 Å². The lowest BCUT2D eigenvalue weighted by atomic mass is 10.1. The van der Waals surface area contributed by atoms with Crippen molar-refractivity contribution in [3.05, 3.63) is 46.4 Å². The van der Waals surface area contributed by atoms with Gasteiger partial charge in [-0.3, -0.25) is 14.5 Å². The van der Waals surface area contributed by atoms with Gasteiger partial charge in [0.25, 0.3) is 5.91 Å². The summed E-state index contributed by atoms with van der Waals surface area (Å²) in [6.07, 6.45) is 2.85. The van der Waals surface area contributed by atoms with E-state index in [1.165, 1.54) is 4.90 Å². The van der Waals surface area contributed by atoms with Crippen molar-refractivity contribution in [2.75, 3.05) is 13.7 Å². The summed E-state index contributed by atoms with van der Waals surface area (Å²) < 4.78 is 5.10. The first-order valence-corrected chi connectivity index (χ1v) is 9.84. The summed E-state index contributed by atoms with van der Waals surface area (Å²) in [7, 11) is 1.58. The second kappa shape index (κ2) is 9.32. The fraction of sp³-hybridized carbons (Fsp3) is 0.368. The third-order valence-electron chi connectivity index (χ3n) is 4.41. The summed E-state index contributed by atoms with van der Waals surface area (Å²) in [5.41, 5.74) is 0.824. The number of nitrogens with one attached hydrogen (secondary N) is 2. The maximum absolute atomic E-state index is 12.5. The maximum Gasteiger partial charge on any atom is 0.325 e. The van der Waals surface area contributed by atoms with E-state index < -0.39 is 12.1 Å². The van der Waals surface area contributed by atoms with Crippen LogP contribution in [0.4, 0.5) is 4.79 Å². The van der Waals surface area contributed by atoms with Gasteiger partial charge in [-0.1, -0.05) is 12.1 Å². The molecule has 1 saturated heterocycles. The van der Waals surface area contributed by atoms with Crippen LogP contribution in [0.5, 0.6) is 5.75 Å². The Morgan fingerprint density at radius 1 is 1.32 bits per heavy atom. The fourth-order valence-electron chi connectivity index (χ4n) is 2.88. The molecule has 1 fully saturated rings. The van der Waals surface area contributed by atoms with Gasteiger partial charge in [0.1, 0.15) is 11.8 Å². The van der Waals surface area contributed by atoms with Crippen LogP contribution in [0.3, 0.4) is 0 Å². The molecule has 0 bridgehead atoms. The average Bonchev–Trinajstić information content (AvgIpc) is 3.31. The molecule has 1 aliphatic rings. The summed E-state index contributed by atoms with van der Waals surface area (Å²) >= 11 is 1.54. The molecule has 8 nitrogen and oxygen atoms in total. The number of imide groups is 1. The highest BCUT2D eigenvalue weighted by Gasteiger charge is 2.37. The number of urea groups is 1. The number of ether oxygens (including phenoxy) is 1. The topological polar surface area (TPSA) is 101 Å². The molecule has 4 amide bonds. The van der Waals surface area contributed by atoms with Crippen LogP contribution in [0, 0.1) is 0 Å². The normalized spacial score (nSPS) is 16.2. The quantitative estimate of drug-likeness (QED) is 0.622. The van der Waals surface area contributed by atoms with Gasteiger partial charge in [0.05, 0.1) is 18.7 Å². The summed E-state index contributed by atoms with van der Waals surface area (Å²) in [4.78, 5) is 41.9. The summed E-state index contributed by atoms with van der Waals surface area (Å²) in [6.45, 7) is 0.687. The number of thiazole rings is 1. The highest BCUT2D eigenvalue weighted by molar-refractivity contribution is 7.09. The van der Waals surface area contributed by atoms with Crippen molar-refractivity contribution in [1.29, 1.82) is 0 Å². The van der Waals surface area contributed by atoms with Gasteiger partial charge in [-0.2, -0.15) is 0 Å². The Hall–Kier alpha value is -2.94. The van der Waals surface area contributed by atoms with Gasteiger partial charge in [0.15, 0.2) is 0 Å². The molecule has 2 heterocycles. The number of rotatable bonds is 9. The number of aromatic nitrogens is 1. The first-order valence-electron chi connectivity index (χ1n) is 8.96. The number of nitrogens with zero attached hydrogens (tertiary/aromatic N) is 2. The Labute approximate surface area is 166 Å². The number of hydrogen-bond donors (Lipinski definition) is 2. The fourth-order valence-corrected chi connectivity index (χ4v) is 3.51. The minimum Gasteiger partial charge on any atom is -0.497 e. The minimum atomic E-state index is -0.671. The third kappa shape index (κ3) is 5.07. The molecule has 0 radical (unpaired) electrons. The van der Waals surface area contributed by atoms with Crippen molar-refractivity contribution in [3.63, 3.8) is 0 Å². The van der Waals surface area contributed by atoms with Gasteiger partial charge in [0, 0.05) is 31.0 Å². The highest BCUT2D eigenvalue weighted by atomic mass is 32.1. The van der Waals surface area contributed by atoms with Gasteiger partial charge >= 0.3 is 6.03 Å². The molecule has 2 aromatic rings. The molecule has 0 spiro atoms. The molecular weight excluding hydrogens is 380 g/mol. The van der Waals surface area contributed by atoms with Gasteiger partial charge < -0.3 is 15.4 Å². The predicted octanol–water partition coefficient (Wildman–Crippen LogP) is 1.71. The Morgan fingerprint density at radius 3 is 2.79 bits per heavy atom. The van der Waals surface area contributed by atoms with Crippen molar-refractivity contribution in [2.24, 2.45) is 0 Å². The summed E-state index contributed by atoms with van der Waals surface area (Å²) in [5, 5.41) is 8.32. The molecule has 0 aliphatic carbocycles. The number of methoxy groups -OCH3 is 1. The molecule has 0 unspecified atom stereocenters. The van der Waals surface area contributed by atoms with E-state index in [4.69, 9.17) is 4.74 Å². The zero-order chi connectivity index (χ0) is 19.9. The van der Waals surface area contributed by atoms with E-state index in [2.05, 4.69) is 15.6 Å². The monoisotopic (exact) mass is 402 g/mol. The smallest absolute Gasteiger partial charge is 0.325 e. The van der Waals surface area contributed by atoms with Crippen LogP contribution < -0.4 is 15.4 Å². The highest BCUT2D eigenvalue weighted by Crippen LogP contribution is 2.17. The lowest BCUT2D eigenvalue weighted by Crippen LogP contribution is -2.33. The Morgan fingerprint density at radius 2 is 2.11 bits per heavy atom. The van der Waals surface area contributed by atoms with E-state index in [1.54, 1.807) is 36.8 Å². The van der Waals surface area contributed by atoms with E-state index in [0.29, 0.717) is 18.7 Å². The van der Waals surface area contributed by atoms with Crippen LogP contribution in [0.1, 0.15) is 23.4 Å². The molecule has 1 atom stereocenters. The lowest BCUT2D eigenvalue weighted by molar-refractivity contribution is -0.128. The van der Waals surface area contributed by atoms with Crippen molar-refractivity contribution in [3.8, 4) is 5.75 Å². The van der Waals surface area contributed by atoms with Gasteiger partial charge in [-0.15, -0.1) is 11.3 Å². The molecule has 9 heteroatoms. The van der Waals surface area contributed by atoms with E-state index in [0.717, 1.165) is 10.6 Å². The number of carbonyl (C=O) groups is 3. The zero-order valence-electron chi connectivity index (χ0n) is 15.5. The maximum atomic E-state index is 12.5. The van der Waals surface area contributed by atoms with Gasteiger partial charge in [-0.25, -0.2) is 9.78 Å². The lowest BCUT2D eigenvalue weighted by Gasteiger charge is -2.13. The number of carbonyl (C=O) groups excluding carboxylic acids is 3. The van der Waals surface area contributed by atoms with Crippen molar-refractivity contribution < 1.29 is 19.1 Å². The first-order chi connectivity index (χ1) is 13.6. The molecule has 3 rings (SSSR count). The Kier molecular flexibility index (Phi) is 6.59. The minimum absolute atomic E-state index is 0.146. The Balaban J connectivity index is 1.44. The molecule has 2 N–H and O–H groups in total. The van der Waals surface area contributed by atoms with Crippen LogP contribution in [0.2, 0.25) is 0 Å².